The van der Waals surface area contributed by atoms with E-state index in [4.69, 9.17) is 0 Å². The van der Waals surface area contributed by atoms with E-state index in [1.807, 2.05) is 20.2 Å². The lowest BCUT2D eigenvalue weighted by atomic mass is 10.1. The van der Waals surface area contributed by atoms with Gasteiger partial charge >= 0.3 is 0 Å². The zero-order valence-corrected chi connectivity index (χ0v) is 10.4. The van der Waals surface area contributed by atoms with Gasteiger partial charge in [0, 0.05) is 25.8 Å². The van der Waals surface area contributed by atoms with E-state index in [2.05, 4.69) is 35.3 Å². The van der Waals surface area contributed by atoms with Gasteiger partial charge in [-0.2, -0.15) is 0 Å². The number of hydrogen-bond acceptors (Lipinski definition) is 3. The van der Waals surface area contributed by atoms with Crippen molar-refractivity contribution in [1.29, 1.82) is 0 Å². The second kappa shape index (κ2) is 6.51. The maximum atomic E-state index is 9.74. The van der Waals surface area contributed by atoms with Crippen LogP contribution in [0.3, 0.4) is 0 Å². The van der Waals surface area contributed by atoms with Gasteiger partial charge < -0.3 is 15.3 Å². The summed E-state index contributed by atoms with van der Waals surface area (Å²) in [5.74, 6) is 0. The molecule has 2 N–H and O–H groups in total. The Labute approximate surface area is 98.1 Å². The molecule has 0 aliphatic carbocycles. The average molecular weight is 222 g/mol. The van der Waals surface area contributed by atoms with Crippen LogP contribution in [0.4, 0.5) is 5.69 Å². The van der Waals surface area contributed by atoms with E-state index in [-0.39, 0.29) is 6.10 Å². The molecule has 3 heteroatoms. The lowest BCUT2D eigenvalue weighted by Crippen LogP contribution is -2.35. The molecule has 0 saturated heterocycles. The van der Waals surface area contributed by atoms with Gasteiger partial charge in [0.1, 0.15) is 0 Å². The van der Waals surface area contributed by atoms with Crippen LogP contribution in [0.15, 0.2) is 24.3 Å². The molecule has 0 saturated carbocycles. The molecular formula is C13H22N2O. The quantitative estimate of drug-likeness (QED) is 0.761. The summed E-state index contributed by atoms with van der Waals surface area (Å²) in [6, 6.07) is 8.33. The number of nitrogens with one attached hydrogen (secondary N) is 1. The Hall–Kier alpha value is -1.06. The Kier molecular flexibility index (Phi) is 5.29. The van der Waals surface area contributed by atoms with E-state index in [1.165, 1.54) is 11.3 Å². The van der Waals surface area contributed by atoms with Crippen LogP contribution in [-0.4, -0.2) is 38.4 Å². The topological polar surface area (TPSA) is 35.5 Å². The number of aryl methyl sites for hydroxylation is 1. The molecule has 0 aliphatic rings. The van der Waals surface area contributed by atoms with Crippen molar-refractivity contribution in [3.05, 3.63) is 29.8 Å². The first-order valence-corrected chi connectivity index (χ1v) is 5.80. The standard InChI is InChI=1S/C13H22N2O/c1-4-11-7-5-6-8-13(11)15(3)10-12(16)9-14-2/h5-8,12,14,16H,4,9-10H2,1-3H3. The number of nitrogens with zero attached hydrogens (tertiary/aromatic N) is 1. The number of aliphatic hydroxyl groups is 1. The smallest absolute Gasteiger partial charge is 0.0838 e. The molecule has 0 fully saturated rings. The van der Waals surface area contributed by atoms with Crippen molar-refractivity contribution < 1.29 is 5.11 Å². The first kappa shape index (κ1) is 13.0. The zero-order valence-electron chi connectivity index (χ0n) is 10.4. The molecule has 0 amide bonds. The molecule has 0 aliphatic heterocycles. The van der Waals surface area contributed by atoms with Crippen molar-refractivity contribution in [3.8, 4) is 0 Å². The lowest BCUT2D eigenvalue weighted by Gasteiger charge is -2.24. The Morgan fingerprint density at radius 3 is 2.69 bits per heavy atom. The van der Waals surface area contributed by atoms with E-state index in [9.17, 15) is 5.11 Å². The van der Waals surface area contributed by atoms with Gasteiger partial charge in [-0.15, -0.1) is 0 Å². The van der Waals surface area contributed by atoms with E-state index < -0.39 is 0 Å². The summed E-state index contributed by atoms with van der Waals surface area (Å²) in [5.41, 5.74) is 2.53. The monoisotopic (exact) mass is 222 g/mol. The highest BCUT2D eigenvalue weighted by molar-refractivity contribution is 5.53. The molecule has 0 bridgehead atoms. The van der Waals surface area contributed by atoms with Crippen molar-refractivity contribution in [1.82, 2.24) is 5.32 Å². The fourth-order valence-corrected chi connectivity index (χ4v) is 1.90. The van der Waals surface area contributed by atoms with Crippen molar-refractivity contribution in [2.24, 2.45) is 0 Å². The molecule has 1 aromatic carbocycles. The van der Waals surface area contributed by atoms with Crippen LogP contribution in [0.1, 0.15) is 12.5 Å². The molecule has 0 radical (unpaired) electrons. The Bertz CT molecular complexity index is 315. The van der Waals surface area contributed by atoms with Gasteiger partial charge in [-0.05, 0) is 25.1 Å². The van der Waals surface area contributed by atoms with Crippen LogP contribution >= 0.6 is 0 Å². The minimum atomic E-state index is -0.333. The maximum Gasteiger partial charge on any atom is 0.0838 e. The average Bonchev–Trinajstić information content (AvgIpc) is 2.29. The minimum Gasteiger partial charge on any atom is -0.390 e. The van der Waals surface area contributed by atoms with E-state index in [0.29, 0.717) is 13.1 Å². The Morgan fingerprint density at radius 2 is 2.06 bits per heavy atom. The predicted octanol–water partition coefficient (Wildman–Crippen LogP) is 1.27. The number of benzene rings is 1. The Morgan fingerprint density at radius 1 is 1.38 bits per heavy atom. The van der Waals surface area contributed by atoms with Gasteiger partial charge in [-0.3, -0.25) is 0 Å². The summed E-state index contributed by atoms with van der Waals surface area (Å²) in [4.78, 5) is 2.11. The van der Waals surface area contributed by atoms with Crippen LogP contribution in [-0.2, 0) is 6.42 Å². The molecule has 90 valence electrons. The summed E-state index contributed by atoms with van der Waals surface area (Å²) in [7, 11) is 3.87. The Balaban J connectivity index is 2.68. The van der Waals surface area contributed by atoms with Crippen molar-refractivity contribution >= 4 is 5.69 Å². The molecule has 1 aromatic rings. The molecule has 1 rings (SSSR count). The molecule has 0 spiro atoms. The van der Waals surface area contributed by atoms with Crippen molar-refractivity contribution in [3.63, 3.8) is 0 Å². The highest BCUT2D eigenvalue weighted by atomic mass is 16.3. The van der Waals surface area contributed by atoms with E-state index >= 15 is 0 Å². The summed E-state index contributed by atoms with van der Waals surface area (Å²) >= 11 is 0. The second-order valence-electron chi connectivity index (χ2n) is 4.07. The van der Waals surface area contributed by atoms with Crippen LogP contribution in [0, 0.1) is 0 Å². The molecule has 1 atom stereocenters. The summed E-state index contributed by atoms with van der Waals surface area (Å²) < 4.78 is 0. The number of likely N-dealkylation sites (N-methyl/N-ethyl adjacent to an activating group) is 2. The number of rotatable bonds is 6. The van der Waals surface area contributed by atoms with Gasteiger partial charge in [-0.1, -0.05) is 25.1 Å². The van der Waals surface area contributed by atoms with Gasteiger partial charge in [-0.25, -0.2) is 0 Å². The molecule has 1 unspecified atom stereocenters. The molecule has 16 heavy (non-hydrogen) atoms. The fraction of sp³-hybridized carbons (Fsp3) is 0.538. The van der Waals surface area contributed by atoms with Crippen LogP contribution < -0.4 is 10.2 Å². The normalized spacial score (nSPS) is 12.5. The third kappa shape index (κ3) is 3.51. The zero-order chi connectivity index (χ0) is 12.0. The minimum absolute atomic E-state index is 0.333. The van der Waals surface area contributed by atoms with Crippen LogP contribution in [0.25, 0.3) is 0 Å². The number of aliphatic hydroxyl groups excluding tert-OH is 1. The second-order valence-corrected chi connectivity index (χ2v) is 4.07. The molecule has 0 heterocycles. The van der Waals surface area contributed by atoms with Gasteiger partial charge in [0.05, 0.1) is 6.10 Å². The highest BCUT2D eigenvalue weighted by Gasteiger charge is 2.10. The summed E-state index contributed by atoms with van der Waals surface area (Å²) in [5, 5.41) is 12.7. The molecule has 3 nitrogen and oxygen atoms in total. The summed E-state index contributed by atoms with van der Waals surface area (Å²) in [6.45, 7) is 3.42. The van der Waals surface area contributed by atoms with E-state index in [1.54, 1.807) is 0 Å². The largest absolute Gasteiger partial charge is 0.390 e. The molecular weight excluding hydrogens is 200 g/mol. The fourth-order valence-electron chi connectivity index (χ4n) is 1.90. The number of para-hydroxylation sites is 1. The van der Waals surface area contributed by atoms with Crippen LogP contribution in [0.5, 0.6) is 0 Å². The SMILES string of the molecule is CCc1ccccc1N(C)CC(O)CNC. The number of hydrogen-bond donors (Lipinski definition) is 2. The van der Waals surface area contributed by atoms with Gasteiger partial charge in [0.15, 0.2) is 0 Å². The van der Waals surface area contributed by atoms with Crippen LogP contribution in [0.2, 0.25) is 0 Å². The van der Waals surface area contributed by atoms with Crippen molar-refractivity contribution in [2.75, 3.05) is 32.1 Å². The third-order valence-corrected chi connectivity index (χ3v) is 2.71. The summed E-state index contributed by atoms with van der Waals surface area (Å²) in [6.07, 6.45) is 0.683. The van der Waals surface area contributed by atoms with Gasteiger partial charge in [0.25, 0.3) is 0 Å². The van der Waals surface area contributed by atoms with Gasteiger partial charge in [0.2, 0.25) is 0 Å². The van der Waals surface area contributed by atoms with Crippen molar-refractivity contribution in [2.45, 2.75) is 19.4 Å². The third-order valence-electron chi connectivity index (χ3n) is 2.71. The first-order chi connectivity index (χ1) is 7.69. The predicted molar refractivity (Wildman–Crippen MR) is 69.0 cm³/mol. The van der Waals surface area contributed by atoms with E-state index in [0.717, 1.165) is 6.42 Å². The number of anilines is 1. The maximum absolute atomic E-state index is 9.74. The molecule has 0 aromatic heterocycles. The highest BCUT2D eigenvalue weighted by Crippen LogP contribution is 2.19. The lowest BCUT2D eigenvalue weighted by molar-refractivity contribution is 0.181. The first-order valence-electron chi connectivity index (χ1n) is 5.80.